The molecule has 0 amide bonds. The van der Waals surface area contributed by atoms with Gasteiger partial charge in [0, 0.05) is 61.1 Å². The second kappa shape index (κ2) is 15.2. The summed E-state index contributed by atoms with van der Waals surface area (Å²) in [7, 11) is 0. The van der Waals surface area contributed by atoms with Crippen LogP contribution in [0.4, 0.5) is 5.69 Å². The molecule has 1 aliphatic heterocycles. The molecule has 11 aromatic rings. The van der Waals surface area contributed by atoms with Crippen LogP contribution in [-0.4, -0.2) is 11.0 Å². The van der Waals surface area contributed by atoms with E-state index in [-0.39, 0.29) is 11.5 Å². The van der Waals surface area contributed by atoms with Gasteiger partial charge >= 0.3 is 0 Å². The highest BCUT2D eigenvalue weighted by Gasteiger charge is 2.37. The fourth-order valence-electron chi connectivity index (χ4n) is 11.2. The average molecular weight is 863 g/mol. The number of benzene rings is 8. The van der Waals surface area contributed by atoms with Gasteiger partial charge in [0.1, 0.15) is 22.5 Å². The molecule has 67 heavy (non-hydrogen) atoms. The molecule has 0 fully saturated rings. The van der Waals surface area contributed by atoms with Gasteiger partial charge in [0.2, 0.25) is 0 Å². The molecule has 1 aliphatic carbocycles. The minimum absolute atomic E-state index is 0.0178. The number of nitrogens with one attached hydrogen (secondary N) is 1. The number of hydrogen-bond acceptors (Lipinski definition) is 4. The molecule has 3 aromatic heterocycles. The summed E-state index contributed by atoms with van der Waals surface area (Å²) in [6.45, 7) is 6.76. The Morgan fingerprint density at radius 2 is 1.16 bits per heavy atom. The molecule has 0 bridgehead atoms. The van der Waals surface area contributed by atoms with E-state index in [0.717, 1.165) is 95.4 Å². The van der Waals surface area contributed by atoms with Crippen LogP contribution in [0.1, 0.15) is 59.5 Å². The highest BCUT2D eigenvalue weighted by atomic mass is 16.3. The van der Waals surface area contributed by atoms with Crippen molar-refractivity contribution in [3.63, 3.8) is 0 Å². The van der Waals surface area contributed by atoms with Gasteiger partial charge in [-0.2, -0.15) is 0 Å². The molecular formula is C63H46N2O2. The summed E-state index contributed by atoms with van der Waals surface area (Å²) in [5, 5.41) is 8.57. The van der Waals surface area contributed by atoms with Crippen molar-refractivity contribution in [2.24, 2.45) is 0 Å². The first-order valence-corrected chi connectivity index (χ1v) is 23.3. The summed E-state index contributed by atoms with van der Waals surface area (Å²) >= 11 is 0. The zero-order valence-corrected chi connectivity index (χ0v) is 37.6. The number of fused-ring (bicyclic) bond motifs is 9. The Labute approximate surface area is 389 Å². The first-order valence-electron chi connectivity index (χ1n) is 23.3. The van der Waals surface area contributed by atoms with Crippen LogP contribution in [0.25, 0.3) is 94.4 Å². The number of furan rings is 2. The van der Waals surface area contributed by atoms with E-state index in [0.29, 0.717) is 0 Å². The van der Waals surface area contributed by atoms with E-state index in [1.165, 1.54) is 44.3 Å². The molecule has 8 aromatic carbocycles. The van der Waals surface area contributed by atoms with Crippen molar-refractivity contribution >= 4 is 66.7 Å². The quantitative estimate of drug-likeness (QED) is 0.181. The number of rotatable bonds is 6. The monoisotopic (exact) mass is 862 g/mol. The fraction of sp³-hybridized carbons (Fsp3) is 0.0952. The van der Waals surface area contributed by atoms with Crippen molar-refractivity contribution in [2.75, 3.05) is 5.32 Å². The van der Waals surface area contributed by atoms with Gasteiger partial charge in [-0.15, -0.1) is 0 Å². The molecule has 0 saturated carbocycles. The van der Waals surface area contributed by atoms with Crippen LogP contribution in [0.5, 0.6) is 0 Å². The van der Waals surface area contributed by atoms with Crippen molar-refractivity contribution in [2.45, 2.75) is 38.6 Å². The number of para-hydroxylation sites is 3. The minimum Gasteiger partial charge on any atom is -0.459 e. The highest BCUT2D eigenvalue weighted by molar-refractivity contribution is 6.15. The molecule has 0 radical (unpaired) electrons. The molecule has 4 heterocycles. The molecule has 2 unspecified atom stereocenters. The van der Waals surface area contributed by atoms with E-state index in [4.69, 9.17) is 13.8 Å². The van der Waals surface area contributed by atoms with E-state index in [2.05, 4.69) is 208 Å². The van der Waals surface area contributed by atoms with Gasteiger partial charge in [-0.25, -0.2) is 0 Å². The van der Waals surface area contributed by atoms with Crippen LogP contribution in [0.2, 0.25) is 0 Å². The predicted octanol–water partition coefficient (Wildman–Crippen LogP) is 16.7. The largest absolute Gasteiger partial charge is 0.459 e. The van der Waals surface area contributed by atoms with Gasteiger partial charge in [0.05, 0.1) is 16.6 Å². The second-order valence-electron chi connectivity index (χ2n) is 18.4. The first-order chi connectivity index (χ1) is 32.9. The van der Waals surface area contributed by atoms with Crippen LogP contribution in [-0.2, 0) is 5.41 Å². The summed E-state index contributed by atoms with van der Waals surface area (Å²) in [4.78, 5) is 5.56. The van der Waals surface area contributed by atoms with E-state index >= 15 is 0 Å². The molecule has 0 saturated heterocycles. The number of pyridine rings is 1. The SMILES string of the molecule is Cc1nc2c3c(ccc2c(-c2ccccc2)c1-c1ccc(C2(C)CC=Cc4c2oc2ccccc42)cc1)C(c1ccccc1)=C(c1ccc(-c2cccc4c2oc2ccccc24)cc1)C(C)N3. The maximum Gasteiger partial charge on any atom is 0.143 e. The fourth-order valence-corrected chi connectivity index (χ4v) is 11.2. The van der Waals surface area contributed by atoms with Gasteiger partial charge in [0.15, 0.2) is 0 Å². The summed E-state index contributed by atoms with van der Waals surface area (Å²) < 4.78 is 13.1. The molecule has 2 aliphatic rings. The molecule has 4 nitrogen and oxygen atoms in total. The summed E-state index contributed by atoms with van der Waals surface area (Å²) in [5.74, 6) is 1.03. The number of nitrogens with zero attached hydrogens (tertiary/aromatic N) is 1. The molecule has 2 atom stereocenters. The van der Waals surface area contributed by atoms with E-state index in [1.54, 1.807) is 0 Å². The number of anilines is 1. The Kier molecular flexibility index (Phi) is 8.88. The van der Waals surface area contributed by atoms with Gasteiger partial charge in [0.25, 0.3) is 0 Å². The molecule has 4 heteroatoms. The lowest BCUT2D eigenvalue weighted by Gasteiger charge is -2.32. The van der Waals surface area contributed by atoms with Crippen LogP contribution in [0.3, 0.4) is 0 Å². The normalized spacial score (nSPS) is 16.7. The topological polar surface area (TPSA) is 51.2 Å². The van der Waals surface area contributed by atoms with Gasteiger partial charge in [-0.3, -0.25) is 4.98 Å². The van der Waals surface area contributed by atoms with Crippen molar-refractivity contribution < 1.29 is 8.83 Å². The number of aryl methyl sites for hydroxylation is 1. The number of aromatic nitrogens is 1. The Balaban J connectivity index is 0.945. The third kappa shape index (κ3) is 6.09. The molecular weight excluding hydrogens is 817 g/mol. The Morgan fingerprint density at radius 3 is 1.93 bits per heavy atom. The summed E-state index contributed by atoms with van der Waals surface area (Å²) in [6, 6.07) is 67.5. The maximum atomic E-state index is 6.61. The van der Waals surface area contributed by atoms with Gasteiger partial charge in [-0.1, -0.05) is 188 Å². The number of allylic oxidation sites excluding steroid dienone is 1. The maximum absolute atomic E-state index is 6.61. The minimum atomic E-state index is -0.295. The zero-order valence-electron chi connectivity index (χ0n) is 37.6. The van der Waals surface area contributed by atoms with Crippen LogP contribution < -0.4 is 5.32 Å². The molecule has 320 valence electrons. The molecule has 1 N–H and O–H groups in total. The standard InChI is InChI=1S/C63H46N2O2/c1-38-55(43-29-27-40(28-30-43)46-22-14-23-49-47-20-10-12-25-53(47)66-61(46)49)57(41-16-6-4-7-17-41)51-35-36-52-58(42-18-8-5-9-19-42)56(39(2)65-60(52)59(51)64-38)44-31-33-45(34-32-44)63(3)37-15-24-50-48-21-11-13-26-54(48)67-62(50)63/h4-36,38,64H,37H2,1-3H3. The number of hydrogen-bond donors (Lipinski definition) is 1. The second-order valence-corrected chi connectivity index (χ2v) is 18.4. The van der Waals surface area contributed by atoms with Crippen molar-refractivity contribution in [3.8, 4) is 33.4 Å². The van der Waals surface area contributed by atoms with E-state index in [9.17, 15) is 0 Å². The Hall–Kier alpha value is -8.21. The lowest BCUT2D eigenvalue weighted by molar-refractivity contribution is 0.425. The smallest absolute Gasteiger partial charge is 0.143 e. The first kappa shape index (κ1) is 39.2. The Morgan fingerprint density at radius 1 is 0.537 bits per heavy atom. The van der Waals surface area contributed by atoms with E-state index < -0.39 is 0 Å². The van der Waals surface area contributed by atoms with Gasteiger partial charge < -0.3 is 14.2 Å². The zero-order chi connectivity index (χ0) is 44.8. The van der Waals surface area contributed by atoms with Gasteiger partial charge in [-0.05, 0) is 83.9 Å². The summed E-state index contributed by atoms with van der Waals surface area (Å²) in [5.41, 5.74) is 20.7. The lowest BCUT2D eigenvalue weighted by atomic mass is 9.73. The predicted molar refractivity (Wildman–Crippen MR) is 278 cm³/mol. The third-order valence-electron chi connectivity index (χ3n) is 14.5. The van der Waals surface area contributed by atoms with Crippen LogP contribution in [0, 0.1) is 6.92 Å². The lowest BCUT2D eigenvalue weighted by Crippen LogP contribution is -2.25. The van der Waals surface area contributed by atoms with E-state index in [1.807, 2.05) is 18.2 Å². The van der Waals surface area contributed by atoms with Crippen LogP contribution in [0.15, 0.2) is 203 Å². The molecule has 13 rings (SSSR count). The molecule has 0 spiro atoms. The highest BCUT2D eigenvalue weighted by Crippen LogP contribution is 2.50. The summed E-state index contributed by atoms with van der Waals surface area (Å²) in [6.07, 6.45) is 5.39. The van der Waals surface area contributed by atoms with Crippen LogP contribution >= 0.6 is 0 Å². The van der Waals surface area contributed by atoms with Crippen molar-refractivity contribution in [1.82, 2.24) is 4.98 Å². The van der Waals surface area contributed by atoms with Crippen molar-refractivity contribution in [3.05, 3.63) is 233 Å². The third-order valence-corrected chi connectivity index (χ3v) is 14.5. The average Bonchev–Trinajstić information content (AvgIpc) is 3.96. The Bertz CT molecular complexity index is 3820. The van der Waals surface area contributed by atoms with Crippen molar-refractivity contribution in [1.29, 1.82) is 0 Å².